The molecule has 0 aromatic heterocycles. The minimum absolute atomic E-state index is 0.234. The highest BCUT2D eigenvalue weighted by molar-refractivity contribution is 7.98. The molecule has 1 unspecified atom stereocenters. The van der Waals surface area contributed by atoms with E-state index in [0.717, 1.165) is 0 Å². The zero-order chi connectivity index (χ0) is 14.6. The lowest BCUT2D eigenvalue weighted by Crippen LogP contribution is -2.44. The van der Waals surface area contributed by atoms with E-state index in [9.17, 15) is 14.0 Å². The van der Waals surface area contributed by atoms with Crippen molar-refractivity contribution < 1.29 is 19.1 Å². The molecule has 0 bridgehead atoms. The fraction of sp³-hybridized carbons (Fsp3) is 0.385. The summed E-state index contributed by atoms with van der Waals surface area (Å²) in [7, 11) is 0. The van der Waals surface area contributed by atoms with E-state index in [1.807, 2.05) is 0 Å². The van der Waals surface area contributed by atoms with Crippen molar-refractivity contribution in [3.05, 3.63) is 29.6 Å². The molecule has 0 radical (unpaired) electrons. The number of hydrogen-bond acceptors (Lipinski definition) is 3. The van der Waals surface area contributed by atoms with Gasteiger partial charge in [0.2, 0.25) is 0 Å². The van der Waals surface area contributed by atoms with E-state index in [0.29, 0.717) is 4.90 Å². The van der Waals surface area contributed by atoms with Gasteiger partial charge in [-0.15, -0.1) is 11.8 Å². The quantitative estimate of drug-likeness (QED) is 0.815. The number of thioether (sulfide) groups is 1. The lowest BCUT2D eigenvalue weighted by molar-refractivity contribution is -0.140. The second kappa shape index (κ2) is 6.56. The molecule has 0 aliphatic carbocycles. The van der Waals surface area contributed by atoms with E-state index in [1.165, 1.54) is 30.0 Å². The minimum Gasteiger partial charge on any atom is -0.480 e. The Balaban J connectivity index is 2.91. The number of carbonyl (C=O) groups excluding carboxylic acids is 1. The van der Waals surface area contributed by atoms with Crippen LogP contribution in [0.4, 0.5) is 4.39 Å². The molecule has 0 heterocycles. The van der Waals surface area contributed by atoms with Gasteiger partial charge in [-0.3, -0.25) is 4.79 Å². The van der Waals surface area contributed by atoms with Crippen LogP contribution >= 0.6 is 11.8 Å². The predicted octanol–water partition coefficient (Wildman–Crippen LogP) is 2.39. The second-order valence-electron chi connectivity index (χ2n) is 4.38. The number of carboxylic acid groups (broad SMARTS) is 1. The molecule has 1 amide bonds. The third-order valence-corrected chi connectivity index (χ3v) is 3.39. The topological polar surface area (TPSA) is 66.4 Å². The van der Waals surface area contributed by atoms with Gasteiger partial charge in [0.25, 0.3) is 5.91 Å². The highest BCUT2D eigenvalue weighted by Gasteiger charge is 2.24. The van der Waals surface area contributed by atoms with Gasteiger partial charge in [0.1, 0.15) is 11.9 Å². The van der Waals surface area contributed by atoms with Crippen molar-refractivity contribution in [1.29, 1.82) is 0 Å². The zero-order valence-corrected chi connectivity index (χ0v) is 11.8. The van der Waals surface area contributed by atoms with Crippen molar-refractivity contribution in [1.82, 2.24) is 5.32 Å². The summed E-state index contributed by atoms with van der Waals surface area (Å²) in [5, 5.41) is 11.4. The standard InChI is InChI=1S/C13H16FNO3S/c1-7(2)11(13(17)18)15-12(16)8-4-5-9(14)10(6-8)19-3/h4-7,11H,1-3H3,(H,15,16)(H,17,18). The zero-order valence-electron chi connectivity index (χ0n) is 10.9. The number of carbonyl (C=O) groups is 2. The summed E-state index contributed by atoms with van der Waals surface area (Å²) in [6, 6.07) is 2.99. The molecule has 4 nitrogen and oxygen atoms in total. The minimum atomic E-state index is -1.09. The van der Waals surface area contributed by atoms with Crippen molar-refractivity contribution >= 4 is 23.6 Å². The summed E-state index contributed by atoms with van der Waals surface area (Å²) < 4.78 is 13.3. The van der Waals surface area contributed by atoms with Crippen LogP contribution in [0.15, 0.2) is 23.1 Å². The van der Waals surface area contributed by atoms with Crippen LogP contribution in [0.5, 0.6) is 0 Å². The Morgan fingerprint density at radius 1 is 1.37 bits per heavy atom. The van der Waals surface area contributed by atoms with Gasteiger partial charge in [0.05, 0.1) is 0 Å². The molecule has 1 atom stereocenters. The largest absolute Gasteiger partial charge is 0.480 e. The van der Waals surface area contributed by atoms with Gasteiger partial charge in [0, 0.05) is 10.5 Å². The normalized spacial score (nSPS) is 12.3. The molecule has 1 rings (SSSR count). The van der Waals surface area contributed by atoms with Crippen molar-refractivity contribution in [2.24, 2.45) is 5.92 Å². The second-order valence-corrected chi connectivity index (χ2v) is 5.23. The molecule has 0 fully saturated rings. The van der Waals surface area contributed by atoms with E-state index in [-0.39, 0.29) is 11.5 Å². The van der Waals surface area contributed by atoms with Crippen LogP contribution in [0, 0.1) is 11.7 Å². The van der Waals surface area contributed by atoms with E-state index in [2.05, 4.69) is 5.32 Å². The van der Waals surface area contributed by atoms with Gasteiger partial charge in [-0.1, -0.05) is 13.8 Å². The number of benzene rings is 1. The van der Waals surface area contributed by atoms with Crippen molar-refractivity contribution in [2.75, 3.05) is 6.26 Å². The smallest absolute Gasteiger partial charge is 0.326 e. The van der Waals surface area contributed by atoms with Gasteiger partial charge >= 0.3 is 5.97 Å². The number of carboxylic acids is 1. The highest BCUT2D eigenvalue weighted by atomic mass is 32.2. The number of rotatable bonds is 5. The summed E-state index contributed by atoms with van der Waals surface area (Å²) in [4.78, 5) is 23.3. The highest BCUT2D eigenvalue weighted by Crippen LogP contribution is 2.20. The van der Waals surface area contributed by atoms with Crippen molar-refractivity contribution in [3.63, 3.8) is 0 Å². The molecule has 0 saturated carbocycles. The summed E-state index contributed by atoms with van der Waals surface area (Å²) in [5.74, 6) is -2.24. The Morgan fingerprint density at radius 3 is 2.47 bits per heavy atom. The first-order valence-electron chi connectivity index (χ1n) is 5.74. The average molecular weight is 285 g/mol. The Labute approximate surface area is 115 Å². The van der Waals surface area contributed by atoms with Gasteiger partial charge in [-0.2, -0.15) is 0 Å². The Morgan fingerprint density at radius 2 is 2.00 bits per heavy atom. The van der Waals surface area contributed by atoms with E-state index in [1.54, 1.807) is 20.1 Å². The number of hydrogen-bond donors (Lipinski definition) is 2. The molecule has 0 saturated heterocycles. The van der Waals surface area contributed by atoms with Crippen molar-refractivity contribution in [2.45, 2.75) is 24.8 Å². The molecule has 6 heteroatoms. The number of halogens is 1. The number of aliphatic carboxylic acids is 1. The summed E-state index contributed by atoms with van der Waals surface area (Å²) in [6.45, 7) is 3.41. The first kappa shape index (κ1) is 15.5. The molecule has 19 heavy (non-hydrogen) atoms. The van der Waals surface area contributed by atoms with Crippen LogP contribution in [-0.2, 0) is 4.79 Å². The Kier molecular flexibility index (Phi) is 5.35. The lowest BCUT2D eigenvalue weighted by Gasteiger charge is -2.18. The van der Waals surface area contributed by atoms with Crippen LogP contribution in [0.3, 0.4) is 0 Å². The fourth-order valence-electron chi connectivity index (χ4n) is 1.54. The van der Waals surface area contributed by atoms with Crippen LogP contribution < -0.4 is 5.32 Å². The summed E-state index contributed by atoms with van der Waals surface area (Å²) in [5.41, 5.74) is 0.248. The van der Waals surface area contributed by atoms with Gasteiger partial charge in [0.15, 0.2) is 0 Å². The number of nitrogens with one attached hydrogen (secondary N) is 1. The molecule has 2 N–H and O–H groups in total. The summed E-state index contributed by atoms with van der Waals surface area (Å²) in [6.07, 6.45) is 1.70. The number of amides is 1. The van der Waals surface area contributed by atoms with Gasteiger partial charge in [-0.05, 0) is 30.4 Å². The lowest BCUT2D eigenvalue weighted by atomic mass is 10.0. The maximum atomic E-state index is 13.3. The van der Waals surface area contributed by atoms with Crippen LogP contribution in [0.25, 0.3) is 0 Å². The average Bonchev–Trinajstić information content (AvgIpc) is 2.35. The molecular formula is C13H16FNO3S. The Bertz CT molecular complexity index is 491. The van der Waals surface area contributed by atoms with Crippen molar-refractivity contribution in [3.8, 4) is 0 Å². The fourth-order valence-corrected chi connectivity index (χ4v) is 2.05. The maximum absolute atomic E-state index is 13.3. The first-order chi connectivity index (χ1) is 8.86. The van der Waals surface area contributed by atoms with Gasteiger partial charge < -0.3 is 10.4 Å². The third-order valence-electron chi connectivity index (χ3n) is 2.63. The molecule has 1 aromatic rings. The predicted molar refractivity (Wildman–Crippen MR) is 71.9 cm³/mol. The van der Waals surface area contributed by atoms with E-state index < -0.39 is 23.7 Å². The molecule has 0 aliphatic heterocycles. The first-order valence-corrected chi connectivity index (χ1v) is 6.96. The van der Waals surface area contributed by atoms with E-state index in [4.69, 9.17) is 5.11 Å². The maximum Gasteiger partial charge on any atom is 0.326 e. The molecule has 1 aromatic carbocycles. The third kappa shape index (κ3) is 3.96. The molecule has 104 valence electrons. The van der Waals surface area contributed by atoms with Crippen LogP contribution in [0.2, 0.25) is 0 Å². The molecule has 0 aliphatic rings. The van der Waals surface area contributed by atoms with Gasteiger partial charge in [-0.25, -0.2) is 9.18 Å². The summed E-state index contributed by atoms with van der Waals surface area (Å²) >= 11 is 1.19. The molecule has 0 spiro atoms. The monoisotopic (exact) mass is 285 g/mol. The SMILES string of the molecule is CSc1cc(C(=O)NC(C(=O)O)C(C)C)ccc1F. The molecular weight excluding hydrogens is 269 g/mol. The van der Waals surface area contributed by atoms with Crippen LogP contribution in [0.1, 0.15) is 24.2 Å². The Hall–Kier alpha value is -1.56. The van der Waals surface area contributed by atoms with Crippen LogP contribution in [-0.4, -0.2) is 29.3 Å². The van der Waals surface area contributed by atoms with E-state index >= 15 is 0 Å².